The van der Waals surface area contributed by atoms with Crippen molar-refractivity contribution in [2.75, 3.05) is 11.4 Å². The summed E-state index contributed by atoms with van der Waals surface area (Å²) in [5.74, 6) is 1.35. The summed E-state index contributed by atoms with van der Waals surface area (Å²) in [6.45, 7) is 1.51. The van der Waals surface area contributed by atoms with Gasteiger partial charge in [-0.15, -0.1) is 0 Å². The average Bonchev–Trinajstić information content (AvgIpc) is 3.55. The van der Waals surface area contributed by atoms with Crippen LogP contribution in [0.25, 0.3) is 21.5 Å². The van der Waals surface area contributed by atoms with Crippen molar-refractivity contribution in [3.05, 3.63) is 87.1 Å². The number of fused-ring (bicyclic) bond motifs is 2. The number of thiazole rings is 1. The van der Waals surface area contributed by atoms with Crippen molar-refractivity contribution in [1.82, 2.24) is 10.1 Å². The van der Waals surface area contributed by atoms with E-state index < -0.39 is 5.97 Å². The predicted octanol–water partition coefficient (Wildman–Crippen LogP) is 8.19. The van der Waals surface area contributed by atoms with Crippen molar-refractivity contribution < 1.29 is 19.2 Å². The Hall–Kier alpha value is -3.59. The predicted molar refractivity (Wildman–Crippen MR) is 152 cm³/mol. The van der Waals surface area contributed by atoms with Crippen LogP contribution in [0, 0.1) is 0 Å². The van der Waals surface area contributed by atoms with Gasteiger partial charge in [0.2, 0.25) is 0 Å². The van der Waals surface area contributed by atoms with E-state index in [1.54, 1.807) is 36.4 Å². The lowest BCUT2D eigenvalue weighted by Gasteiger charge is -2.28. The summed E-state index contributed by atoms with van der Waals surface area (Å²) in [7, 11) is 0. The molecule has 2 aromatic heterocycles. The number of anilines is 1. The first-order valence-electron chi connectivity index (χ1n) is 12.6. The number of carboxylic acids is 1. The van der Waals surface area contributed by atoms with Crippen LogP contribution < -0.4 is 9.64 Å². The normalized spacial score (nSPS) is 15.0. The number of benzene rings is 3. The third-order valence-corrected chi connectivity index (χ3v) is 8.84. The largest absolute Gasteiger partial charge is 0.478 e. The monoisotopic (exact) mass is 577 g/mol. The van der Waals surface area contributed by atoms with Crippen molar-refractivity contribution >= 4 is 55.9 Å². The van der Waals surface area contributed by atoms with Crippen LogP contribution in [0.3, 0.4) is 0 Å². The molecular weight excluding hydrogens is 557 g/mol. The molecule has 0 radical (unpaired) electrons. The van der Waals surface area contributed by atoms with Crippen LogP contribution in [0.4, 0.5) is 5.13 Å². The van der Waals surface area contributed by atoms with Crippen molar-refractivity contribution in [2.45, 2.75) is 31.7 Å². The molecule has 1 N–H and O–H groups in total. The van der Waals surface area contributed by atoms with Gasteiger partial charge < -0.3 is 19.3 Å². The number of carbonyl (C=O) groups is 1. The summed E-state index contributed by atoms with van der Waals surface area (Å²) in [5.41, 5.74) is 4.60. The van der Waals surface area contributed by atoms with Crippen LogP contribution in [0.2, 0.25) is 10.0 Å². The van der Waals surface area contributed by atoms with Crippen LogP contribution in [0.15, 0.2) is 59.1 Å². The Kier molecular flexibility index (Phi) is 5.99. The summed E-state index contributed by atoms with van der Waals surface area (Å²) in [4.78, 5) is 18.3. The second-order valence-electron chi connectivity index (χ2n) is 9.78. The van der Waals surface area contributed by atoms with Gasteiger partial charge in [0.05, 0.1) is 25.8 Å². The maximum atomic E-state index is 11.3. The maximum Gasteiger partial charge on any atom is 0.335 e. The standard InChI is InChI=1S/C29H21Cl2N3O4S/c30-20-2-1-3-21(31)24(20)25-27(26(38-33-25)15-4-5-15)37-19-8-6-18-14-34(11-10-16(18)12-19)29-32-22-9-7-17(28(35)36)13-23(22)39-29/h1-3,6-9,12-13,15H,4-5,10-11,14H2,(H,35,36). The van der Waals surface area contributed by atoms with E-state index in [1.165, 1.54) is 22.5 Å². The van der Waals surface area contributed by atoms with Gasteiger partial charge in [0.15, 0.2) is 22.3 Å². The lowest BCUT2D eigenvalue weighted by molar-refractivity contribution is 0.0697. The quantitative estimate of drug-likeness (QED) is 0.217. The van der Waals surface area contributed by atoms with Crippen LogP contribution in [0.5, 0.6) is 11.5 Å². The molecule has 1 aliphatic heterocycles. The zero-order valence-corrected chi connectivity index (χ0v) is 22.8. The number of nitrogens with zero attached hydrogens (tertiary/aromatic N) is 3. The summed E-state index contributed by atoms with van der Waals surface area (Å²) >= 11 is 14.5. The number of rotatable bonds is 6. The molecular formula is C29H21Cl2N3O4S. The number of aromatic nitrogens is 2. The molecule has 2 aliphatic rings. The van der Waals surface area contributed by atoms with Gasteiger partial charge in [-0.05, 0) is 72.9 Å². The van der Waals surface area contributed by atoms with Gasteiger partial charge in [0.25, 0.3) is 0 Å². The van der Waals surface area contributed by atoms with Crippen molar-refractivity contribution in [2.24, 2.45) is 0 Å². The van der Waals surface area contributed by atoms with Crippen LogP contribution in [0.1, 0.15) is 46.0 Å². The second-order valence-corrected chi connectivity index (χ2v) is 11.6. The molecule has 1 saturated carbocycles. The molecule has 0 spiro atoms. The summed E-state index contributed by atoms with van der Waals surface area (Å²) in [5, 5.41) is 15.5. The highest BCUT2D eigenvalue weighted by molar-refractivity contribution is 7.22. The van der Waals surface area contributed by atoms with Crippen molar-refractivity contribution in [3.8, 4) is 22.8 Å². The maximum absolute atomic E-state index is 11.3. The molecule has 7 rings (SSSR count). The van der Waals surface area contributed by atoms with Crippen LogP contribution in [-0.4, -0.2) is 27.8 Å². The second kappa shape index (κ2) is 9.55. The highest BCUT2D eigenvalue weighted by Gasteiger charge is 2.35. The Labute approximate surface area is 237 Å². The molecule has 0 amide bonds. The lowest BCUT2D eigenvalue weighted by atomic mass is 10.00. The fourth-order valence-corrected chi connectivity index (χ4v) is 6.54. The van der Waals surface area contributed by atoms with Gasteiger partial charge in [-0.2, -0.15) is 0 Å². The number of ether oxygens (including phenoxy) is 1. The number of carboxylic acid groups (broad SMARTS) is 1. The van der Waals surface area contributed by atoms with Gasteiger partial charge in [-0.1, -0.05) is 51.8 Å². The minimum absolute atomic E-state index is 0.270. The highest BCUT2D eigenvalue weighted by Crippen LogP contribution is 2.50. The van der Waals surface area contributed by atoms with E-state index in [9.17, 15) is 9.90 Å². The zero-order valence-electron chi connectivity index (χ0n) is 20.5. The third-order valence-electron chi connectivity index (χ3n) is 7.13. The molecule has 3 heterocycles. The highest BCUT2D eigenvalue weighted by atomic mass is 35.5. The fourth-order valence-electron chi connectivity index (χ4n) is 4.94. The lowest BCUT2D eigenvalue weighted by Crippen LogP contribution is -2.30. The van der Waals surface area contributed by atoms with Gasteiger partial charge >= 0.3 is 5.97 Å². The topological polar surface area (TPSA) is 88.7 Å². The molecule has 39 heavy (non-hydrogen) atoms. The Balaban J connectivity index is 1.16. The average molecular weight is 578 g/mol. The van der Waals surface area contributed by atoms with Gasteiger partial charge in [-0.25, -0.2) is 9.78 Å². The van der Waals surface area contributed by atoms with Crippen molar-refractivity contribution in [3.63, 3.8) is 0 Å². The zero-order chi connectivity index (χ0) is 26.7. The molecule has 10 heteroatoms. The molecule has 0 saturated heterocycles. The smallest absolute Gasteiger partial charge is 0.335 e. The first-order valence-corrected chi connectivity index (χ1v) is 14.1. The summed E-state index contributed by atoms with van der Waals surface area (Å²) in [6.07, 6.45) is 2.89. The van der Waals surface area contributed by atoms with E-state index in [1.807, 2.05) is 6.07 Å². The Morgan fingerprint density at radius 1 is 1.08 bits per heavy atom. The number of hydrogen-bond donors (Lipinski definition) is 1. The summed E-state index contributed by atoms with van der Waals surface area (Å²) in [6, 6.07) is 16.5. The third kappa shape index (κ3) is 4.52. The van der Waals surface area contributed by atoms with E-state index >= 15 is 0 Å². The number of hydrogen-bond acceptors (Lipinski definition) is 7. The first-order chi connectivity index (χ1) is 18.9. The molecule has 1 fully saturated rings. The molecule has 1 aliphatic carbocycles. The van der Waals surface area contributed by atoms with Gasteiger partial charge in [0.1, 0.15) is 5.75 Å². The molecule has 0 unspecified atom stereocenters. The molecule has 3 aromatic carbocycles. The van der Waals surface area contributed by atoms with Crippen molar-refractivity contribution in [1.29, 1.82) is 0 Å². The molecule has 7 nitrogen and oxygen atoms in total. The summed E-state index contributed by atoms with van der Waals surface area (Å²) < 4.78 is 13.1. The van der Waals surface area contributed by atoms with E-state index in [0.717, 1.165) is 46.9 Å². The van der Waals surface area contributed by atoms with E-state index in [4.69, 9.17) is 37.4 Å². The molecule has 196 valence electrons. The Bertz CT molecular complexity index is 1740. The molecule has 0 bridgehead atoms. The van der Waals surface area contributed by atoms with Crippen LogP contribution in [-0.2, 0) is 13.0 Å². The van der Waals surface area contributed by atoms with E-state index in [0.29, 0.717) is 39.3 Å². The van der Waals surface area contributed by atoms with Crippen LogP contribution >= 0.6 is 34.5 Å². The number of halogens is 2. The first kappa shape index (κ1) is 24.5. The van der Waals surface area contributed by atoms with E-state index in [2.05, 4.69) is 22.2 Å². The minimum Gasteiger partial charge on any atom is -0.478 e. The van der Waals surface area contributed by atoms with Gasteiger partial charge in [-0.3, -0.25) is 0 Å². The molecule has 0 atom stereocenters. The Morgan fingerprint density at radius 3 is 2.67 bits per heavy atom. The Morgan fingerprint density at radius 2 is 1.90 bits per heavy atom. The fraction of sp³-hybridized carbons (Fsp3) is 0.207. The number of aromatic carboxylic acids is 1. The van der Waals surface area contributed by atoms with Gasteiger partial charge in [0, 0.05) is 24.6 Å². The SMILES string of the molecule is O=C(O)c1ccc2nc(N3CCc4cc(Oc5c(-c6c(Cl)cccc6Cl)noc5C5CC5)ccc4C3)sc2c1. The minimum atomic E-state index is -0.936. The molecule has 5 aromatic rings. The van der Waals surface area contributed by atoms with E-state index in [-0.39, 0.29) is 11.5 Å².